The van der Waals surface area contributed by atoms with Gasteiger partial charge < -0.3 is 10.2 Å². The van der Waals surface area contributed by atoms with Crippen LogP contribution >= 0.6 is 0 Å². The minimum atomic E-state index is -0.470. The molecule has 0 aliphatic carbocycles. The maximum absolute atomic E-state index is 10.5. The van der Waals surface area contributed by atoms with Gasteiger partial charge in [-0.2, -0.15) is 0 Å². The molecule has 0 spiro atoms. The highest BCUT2D eigenvalue weighted by atomic mass is 16.3. The van der Waals surface area contributed by atoms with Crippen LogP contribution in [0.1, 0.15) is 26.3 Å². The molecule has 0 bridgehead atoms. The second-order valence-corrected chi connectivity index (χ2v) is 2.62. The second kappa shape index (κ2) is 3.26. The third-order valence-electron chi connectivity index (χ3n) is 1.80. The van der Waals surface area contributed by atoms with E-state index >= 15 is 0 Å². The summed E-state index contributed by atoms with van der Waals surface area (Å²) in [6, 6.07) is 1.26. The first kappa shape index (κ1) is 9.25. The molecule has 0 saturated carbocycles. The number of aryl methyl sites for hydroxylation is 1. The molecule has 0 saturated heterocycles. The monoisotopic (exact) mass is 180 g/mol. The van der Waals surface area contributed by atoms with Crippen molar-refractivity contribution >= 4 is 12.6 Å². The third-order valence-corrected chi connectivity index (χ3v) is 1.80. The molecule has 0 unspecified atom stereocenters. The van der Waals surface area contributed by atoms with Crippen molar-refractivity contribution in [1.82, 2.24) is 0 Å². The van der Waals surface area contributed by atoms with E-state index in [2.05, 4.69) is 0 Å². The van der Waals surface area contributed by atoms with Crippen molar-refractivity contribution in [3.63, 3.8) is 0 Å². The number of carbonyl (C=O) groups excluding carboxylic acids is 2. The fourth-order valence-corrected chi connectivity index (χ4v) is 1.08. The Hall–Kier alpha value is -1.84. The Labute approximate surface area is 74.4 Å². The molecule has 0 heterocycles. The number of hydrogen-bond acceptors (Lipinski definition) is 4. The number of aldehydes is 2. The maximum atomic E-state index is 10.5. The zero-order valence-corrected chi connectivity index (χ0v) is 6.94. The van der Waals surface area contributed by atoms with Gasteiger partial charge in [-0.05, 0) is 18.6 Å². The highest BCUT2D eigenvalue weighted by Crippen LogP contribution is 2.30. The van der Waals surface area contributed by atoms with E-state index in [1.165, 1.54) is 6.07 Å². The van der Waals surface area contributed by atoms with Crippen molar-refractivity contribution in [2.75, 3.05) is 0 Å². The van der Waals surface area contributed by atoms with Gasteiger partial charge in [0.25, 0.3) is 0 Å². The van der Waals surface area contributed by atoms with E-state index in [0.29, 0.717) is 18.1 Å². The van der Waals surface area contributed by atoms with Gasteiger partial charge in [-0.15, -0.1) is 0 Å². The summed E-state index contributed by atoms with van der Waals surface area (Å²) in [4.78, 5) is 20.9. The maximum Gasteiger partial charge on any atom is 0.157 e. The molecule has 4 nitrogen and oxygen atoms in total. The summed E-state index contributed by atoms with van der Waals surface area (Å²) in [6.45, 7) is 1.55. The zero-order chi connectivity index (χ0) is 10.0. The third kappa shape index (κ3) is 1.38. The molecule has 13 heavy (non-hydrogen) atoms. The number of hydrogen-bond donors (Lipinski definition) is 2. The Morgan fingerprint density at radius 2 is 1.69 bits per heavy atom. The molecule has 4 heteroatoms. The number of rotatable bonds is 2. The molecule has 0 atom stereocenters. The van der Waals surface area contributed by atoms with Crippen LogP contribution in [0.2, 0.25) is 0 Å². The lowest BCUT2D eigenvalue weighted by Crippen LogP contribution is -1.92. The van der Waals surface area contributed by atoms with Gasteiger partial charge in [0.15, 0.2) is 12.6 Å². The van der Waals surface area contributed by atoms with Crippen LogP contribution in [0.4, 0.5) is 0 Å². The normalized spacial score (nSPS) is 9.62. The van der Waals surface area contributed by atoms with E-state index in [9.17, 15) is 19.8 Å². The predicted molar refractivity (Wildman–Crippen MR) is 45.3 cm³/mol. The van der Waals surface area contributed by atoms with Crippen molar-refractivity contribution in [3.05, 3.63) is 22.8 Å². The summed E-state index contributed by atoms with van der Waals surface area (Å²) in [6.07, 6.45) is 0.744. The van der Waals surface area contributed by atoms with Crippen LogP contribution in [0.3, 0.4) is 0 Å². The number of aromatic hydroxyl groups is 2. The summed E-state index contributed by atoms with van der Waals surface area (Å²) in [5.74, 6) is -0.793. The van der Waals surface area contributed by atoms with E-state index in [0.717, 1.165) is 0 Å². The largest absolute Gasteiger partial charge is 0.507 e. The fraction of sp³-hybridized carbons (Fsp3) is 0.111. The highest BCUT2D eigenvalue weighted by Gasteiger charge is 2.13. The van der Waals surface area contributed by atoms with E-state index in [4.69, 9.17) is 0 Å². The smallest absolute Gasteiger partial charge is 0.157 e. The molecule has 2 N–H and O–H groups in total. The highest BCUT2D eigenvalue weighted by molar-refractivity contribution is 5.92. The van der Waals surface area contributed by atoms with Crippen LogP contribution in [0.5, 0.6) is 11.5 Å². The molecule has 0 aliphatic heterocycles. The Morgan fingerprint density at radius 3 is 2.15 bits per heavy atom. The van der Waals surface area contributed by atoms with Crippen molar-refractivity contribution in [1.29, 1.82) is 0 Å². The summed E-state index contributed by atoms with van der Waals surface area (Å²) in [5.41, 5.74) is 0.197. The van der Waals surface area contributed by atoms with Crippen LogP contribution < -0.4 is 0 Å². The van der Waals surface area contributed by atoms with Crippen molar-refractivity contribution in [2.45, 2.75) is 6.92 Å². The standard InChI is InChI=1S/C9H8O4/c1-5-2-8(12)7(4-11)9(13)6(5)3-10/h2-4,12-13H,1H3. The minimum Gasteiger partial charge on any atom is -0.507 e. The van der Waals surface area contributed by atoms with Crippen molar-refractivity contribution in [3.8, 4) is 11.5 Å². The summed E-state index contributed by atoms with van der Waals surface area (Å²) in [5, 5.41) is 18.5. The molecule has 0 aromatic heterocycles. The summed E-state index contributed by atoms with van der Waals surface area (Å²) < 4.78 is 0. The van der Waals surface area contributed by atoms with Crippen molar-refractivity contribution in [2.24, 2.45) is 0 Å². The lowest BCUT2D eigenvalue weighted by molar-refractivity contribution is 0.111. The molecule has 0 aliphatic rings. The van der Waals surface area contributed by atoms with Crippen molar-refractivity contribution < 1.29 is 19.8 Å². The molecule has 0 radical (unpaired) electrons. The van der Waals surface area contributed by atoms with E-state index in [1.807, 2.05) is 0 Å². The molecular weight excluding hydrogens is 172 g/mol. The molecule has 1 aromatic carbocycles. The molecule has 1 rings (SSSR count). The molecule has 1 aromatic rings. The van der Waals surface area contributed by atoms with E-state index in [1.54, 1.807) is 6.92 Å². The second-order valence-electron chi connectivity index (χ2n) is 2.62. The molecule has 0 fully saturated rings. The number of phenolic OH excluding ortho intramolecular Hbond substituents is 2. The van der Waals surface area contributed by atoms with Gasteiger partial charge in [-0.25, -0.2) is 0 Å². The van der Waals surface area contributed by atoms with Gasteiger partial charge >= 0.3 is 0 Å². The van der Waals surface area contributed by atoms with Crippen LogP contribution in [0.25, 0.3) is 0 Å². The Balaban J connectivity index is 3.56. The predicted octanol–water partition coefficient (Wildman–Crippen LogP) is 1.03. The van der Waals surface area contributed by atoms with Gasteiger partial charge in [0.1, 0.15) is 11.5 Å². The summed E-state index contributed by atoms with van der Waals surface area (Å²) >= 11 is 0. The first-order valence-electron chi connectivity index (χ1n) is 3.57. The summed E-state index contributed by atoms with van der Waals surface area (Å²) in [7, 11) is 0. The fourth-order valence-electron chi connectivity index (χ4n) is 1.08. The lowest BCUT2D eigenvalue weighted by Gasteiger charge is -2.05. The average molecular weight is 180 g/mol. The number of benzene rings is 1. The Morgan fingerprint density at radius 1 is 1.15 bits per heavy atom. The first-order chi connectivity index (χ1) is 6.11. The first-order valence-corrected chi connectivity index (χ1v) is 3.57. The van der Waals surface area contributed by atoms with Gasteiger partial charge in [0, 0.05) is 0 Å². The Kier molecular flexibility index (Phi) is 2.32. The van der Waals surface area contributed by atoms with Crippen LogP contribution in [-0.2, 0) is 0 Å². The molecule has 0 amide bonds. The minimum absolute atomic E-state index is 0.0277. The van der Waals surface area contributed by atoms with Gasteiger partial charge in [0.2, 0.25) is 0 Å². The molecule has 68 valence electrons. The lowest BCUT2D eigenvalue weighted by atomic mass is 10.0. The Bertz CT molecular complexity index is 336. The van der Waals surface area contributed by atoms with E-state index in [-0.39, 0.29) is 16.9 Å². The SMILES string of the molecule is Cc1cc(O)c(C=O)c(O)c1C=O. The molecular formula is C9H8O4. The van der Waals surface area contributed by atoms with Gasteiger partial charge in [0.05, 0.1) is 11.1 Å². The number of carbonyl (C=O) groups is 2. The van der Waals surface area contributed by atoms with Crippen LogP contribution in [-0.4, -0.2) is 22.8 Å². The topological polar surface area (TPSA) is 74.6 Å². The quantitative estimate of drug-likeness (QED) is 0.666. The average Bonchev–Trinajstić information content (AvgIpc) is 2.04. The van der Waals surface area contributed by atoms with Crippen LogP contribution in [0.15, 0.2) is 6.07 Å². The number of phenols is 2. The van der Waals surface area contributed by atoms with Gasteiger partial charge in [-0.1, -0.05) is 0 Å². The van der Waals surface area contributed by atoms with E-state index < -0.39 is 5.75 Å². The zero-order valence-electron chi connectivity index (χ0n) is 6.94. The van der Waals surface area contributed by atoms with Gasteiger partial charge in [-0.3, -0.25) is 9.59 Å². The van der Waals surface area contributed by atoms with Crippen LogP contribution in [0, 0.1) is 6.92 Å².